The molecule has 0 saturated carbocycles. The predicted molar refractivity (Wildman–Crippen MR) is 55.5 cm³/mol. The zero-order valence-electron chi connectivity index (χ0n) is 7.90. The molecule has 0 saturated heterocycles. The Kier molecular flexibility index (Phi) is 3.98. The highest BCUT2D eigenvalue weighted by atomic mass is 32.2. The van der Waals surface area contributed by atoms with Crippen molar-refractivity contribution in [3.8, 4) is 0 Å². The number of benzene rings is 1. The number of hydrogen-bond donors (Lipinski definition) is 1. The van der Waals surface area contributed by atoms with Crippen LogP contribution in [0, 0.1) is 0 Å². The van der Waals surface area contributed by atoms with Crippen molar-refractivity contribution in [3.63, 3.8) is 0 Å². The minimum absolute atomic E-state index is 0.357. The van der Waals surface area contributed by atoms with E-state index in [0.717, 1.165) is 18.4 Å². The highest BCUT2D eigenvalue weighted by Crippen LogP contribution is 2.12. The van der Waals surface area contributed by atoms with Gasteiger partial charge in [-0.05, 0) is 12.0 Å². The van der Waals surface area contributed by atoms with Crippen LogP contribution in [0.4, 0.5) is 0 Å². The van der Waals surface area contributed by atoms with Gasteiger partial charge in [-0.1, -0.05) is 37.6 Å². The Balaban J connectivity index is 3.06. The van der Waals surface area contributed by atoms with Crippen molar-refractivity contribution >= 4 is 16.2 Å². The third kappa shape index (κ3) is 2.49. The normalized spacial score (nSPS) is 12.4. The molecule has 1 atom stereocenters. The second kappa shape index (κ2) is 5.02. The predicted octanol–water partition coefficient (Wildman–Crippen LogP) is 2.00. The Morgan fingerprint density at radius 1 is 1.43 bits per heavy atom. The fourth-order valence-electron chi connectivity index (χ4n) is 1.30. The van der Waals surface area contributed by atoms with Crippen LogP contribution < -0.4 is 0 Å². The fraction of sp³-hybridized carbons (Fsp3) is 0.300. The minimum Gasteiger partial charge on any atom is -0.300 e. The summed E-state index contributed by atoms with van der Waals surface area (Å²) in [5, 5.41) is -0.714. The van der Waals surface area contributed by atoms with E-state index in [1.54, 1.807) is 12.1 Å². The molecule has 76 valence electrons. The Labute approximate surface area is 85.4 Å². The van der Waals surface area contributed by atoms with Crippen molar-refractivity contribution in [2.75, 3.05) is 0 Å². The van der Waals surface area contributed by atoms with Gasteiger partial charge in [-0.15, -0.1) is 0 Å². The summed E-state index contributed by atoms with van der Waals surface area (Å²) in [6.45, 7) is 2.00. The monoisotopic (exact) mass is 212 g/mol. The first kappa shape index (κ1) is 11.1. The maximum Gasteiger partial charge on any atom is 0.276 e. The Morgan fingerprint density at radius 2 is 2.07 bits per heavy atom. The van der Waals surface area contributed by atoms with Crippen LogP contribution in [0.1, 0.15) is 29.3 Å². The zero-order chi connectivity index (χ0) is 10.6. The number of carbonyl (C=O) groups is 1. The molecular weight excluding hydrogens is 200 g/mol. The van der Waals surface area contributed by atoms with Crippen molar-refractivity contribution in [1.82, 2.24) is 0 Å². The van der Waals surface area contributed by atoms with E-state index in [1.807, 2.05) is 19.1 Å². The molecule has 0 amide bonds. The Morgan fingerprint density at radius 3 is 2.64 bits per heavy atom. The van der Waals surface area contributed by atoms with Crippen molar-refractivity contribution in [2.24, 2.45) is 0 Å². The molecule has 0 spiro atoms. The van der Waals surface area contributed by atoms with Crippen LogP contribution in [0.25, 0.3) is 0 Å². The molecular formula is C10H12O3S. The minimum atomic E-state index is -2.41. The zero-order valence-corrected chi connectivity index (χ0v) is 8.71. The first-order chi connectivity index (χ1) is 6.66. The van der Waals surface area contributed by atoms with Crippen LogP contribution in [0.15, 0.2) is 24.3 Å². The molecule has 1 aromatic rings. The van der Waals surface area contributed by atoms with Crippen LogP contribution in [0.2, 0.25) is 0 Å². The summed E-state index contributed by atoms with van der Waals surface area (Å²) in [5.41, 5.74) is 1.19. The third-order valence-corrected chi connectivity index (χ3v) is 2.45. The lowest BCUT2D eigenvalue weighted by molar-refractivity contribution is 0.107. The number of aryl methyl sites for hydroxylation is 1. The molecule has 0 aromatic heterocycles. The highest BCUT2D eigenvalue weighted by Gasteiger charge is 2.15. The van der Waals surface area contributed by atoms with Gasteiger partial charge in [0.2, 0.25) is 11.1 Å². The summed E-state index contributed by atoms with van der Waals surface area (Å²) in [6.07, 6.45) is 1.65. The maximum absolute atomic E-state index is 11.3. The highest BCUT2D eigenvalue weighted by molar-refractivity contribution is 7.95. The van der Waals surface area contributed by atoms with Crippen LogP contribution in [-0.4, -0.2) is 13.9 Å². The smallest absolute Gasteiger partial charge is 0.276 e. The first-order valence-electron chi connectivity index (χ1n) is 4.40. The van der Waals surface area contributed by atoms with Crippen LogP contribution >= 0.6 is 0 Å². The van der Waals surface area contributed by atoms with E-state index in [-0.39, 0.29) is 0 Å². The van der Waals surface area contributed by atoms with Gasteiger partial charge in [0.1, 0.15) is 0 Å². The van der Waals surface area contributed by atoms with E-state index in [1.165, 1.54) is 0 Å². The van der Waals surface area contributed by atoms with Gasteiger partial charge in [0.25, 0.3) is 5.12 Å². The number of hydrogen-bond acceptors (Lipinski definition) is 2. The largest absolute Gasteiger partial charge is 0.300 e. The summed E-state index contributed by atoms with van der Waals surface area (Å²) in [7, 11) is 0. The summed E-state index contributed by atoms with van der Waals surface area (Å²) >= 11 is -2.41. The van der Waals surface area contributed by atoms with Gasteiger partial charge in [0, 0.05) is 5.56 Å². The molecule has 0 aliphatic carbocycles. The Hall–Kier alpha value is -1.00. The maximum atomic E-state index is 11.3. The van der Waals surface area contributed by atoms with Gasteiger partial charge >= 0.3 is 0 Å². The van der Waals surface area contributed by atoms with Crippen molar-refractivity contribution in [1.29, 1.82) is 0 Å². The fourth-order valence-corrected chi connectivity index (χ4v) is 1.69. The standard InChI is InChI=1S/C10H12O3S/c1-2-5-8-6-3-4-7-9(8)10(11)14(12)13/h3-4,6-7H,2,5H2,1H3,(H,12,13). The molecule has 1 N–H and O–H groups in total. The summed E-state index contributed by atoms with van der Waals surface area (Å²) in [5.74, 6) is 0. The lowest BCUT2D eigenvalue weighted by atomic mass is 10.0. The van der Waals surface area contributed by atoms with Gasteiger partial charge in [-0.25, -0.2) is 4.21 Å². The SMILES string of the molecule is CCCc1ccccc1C(=O)S(=O)O. The Bertz CT molecular complexity index is 360. The summed E-state index contributed by atoms with van der Waals surface area (Å²) in [4.78, 5) is 11.3. The average molecular weight is 212 g/mol. The van der Waals surface area contributed by atoms with Gasteiger partial charge < -0.3 is 0 Å². The molecule has 1 aromatic carbocycles. The molecule has 3 nitrogen and oxygen atoms in total. The van der Waals surface area contributed by atoms with Crippen LogP contribution in [-0.2, 0) is 17.5 Å². The summed E-state index contributed by atoms with van der Waals surface area (Å²) in [6, 6.07) is 6.91. The molecule has 0 aliphatic rings. The van der Waals surface area contributed by atoms with E-state index in [2.05, 4.69) is 0 Å². The van der Waals surface area contributed by atoms with E-state index in [9.17, 15) is 9.00 Å². The molecule has 1 unspecified atom stereocenters. The second-order valence-electron chi connectivity index (χ2n) is 2.94. The van der Waals surface area contributed by atoms with E-state index in [0.29, 0.717) is 5.56 Å². The second-order valence-corrected chi connectivity index (χ2v) is 3.81. The molecule has 0 bridgehead atoms. The molecule has 0 radical (unpaired) electrons. The molecule has 0 fully saturated rings. The summed E-state index contributed by atoms with van der Waals surface area (Å²) < 4.78 is 19.3. The number of carbonyl (C=O) groups excluding carboxylic acids is 1. The van der Waals surface area contributed by atoms with Gasteiger partial charge in [-0.3, -0.25) is 9.35 Å². The molecule has 4 heteroatoms. The number of rotatable bonds is 3. The lowest BCUT2D eigenvalue weighted by Gasteiger charge is -2.04. The van der Waals surface area contributed by atoms with Crippen molar-refractivity contribution in [2.45, 2.75) is 19.8 Å². The average Bonchev–Trinajstić information content (AvgIpc) is 2.18. The quantitative estimate of drug-likeness (QED) is 0.780. The van der Waals surface area contributed by atoms with Crippen LogP contribution in [0.5, 0.6) is 0 Å². The van der Waals surface area contributed by atoms with E-state index >= 15 is 0 Å². The third-order valence-electron chi connectivity index (χ3n) is 1.92. The first-order valence-corrected chi connectivity index (χ1v) is 5.50. The topological polar surface area (TPSA) is 54.4 Å². The molecule has 14 heavy (non-hydrogen) atoms. The van der Waals surface area contributed by atoms with E-state index < -0.39 is 16.2 Å². The van der Waals surface area contributed by atoms with Crippen molar-refractivity contribution in [3.05, 3.63) is 35.4 Å². The van der Waals surface area contributed by atoms with Gasteiger partial charge in [0.05, 0.1) is 0 Å². The molecule has 0 heterocycles. The van der Waals surface area contributed by atoms with Gasteiger partial charge in [0.15, 0.2) is 0 Å². The molecule has 1 rings (SSSR count). The van der Waals surface area contributed by atoms with Crippen LogP contribution in [0.3, 0.4) is 0 Å². The molecule has 0 aliphatic heterocycles. The van der Waals surface area contributed by atoms with Gasteiger partial charge in [-0.2, -0.15) is 0 Å². The lowest BCUT2D eigenvalue weighted by Crippen LogP contribution is -2.09. The van der Waals surface area contributed by atoms with Crippen molar-refractivity contribution < 1.29 is 13.6 Å². The van der Waals surface area contributed by atoms with E-state index in [4.69, 9.17) is 4.55 Å².